The second kappa shape index (κ2) is 7.04. The molecule has 1 heterocycles. The molecular weight excluding hydrogens is 326 g/mol. The van der Waals surface area contributed by atoms with E-state index in [1.807, 2.05) is 0 Å². The molecule has 0 atom stereocenters. The number of carbonyl (C=O) groups excluding carboxylic acids is 1. The van der Waals surface area contributed by atoms with Crippen LogP contribution in [0.2, 0.25) is 0 Å². The Bertz CT molecular complexity index is 346. The maximum Gasteiger partial charge on any atom is 0.409 e. The maximum absolute atomic E-state index is 12.5. The molecule has 1 amide bonds. The van der Waals surface area contributed by atoms with E-state index in [1.165, 1.54) is 0 Å². The summed E-state index contributed by atoms with van der Waals surface area (Å²) in [4.78, 5) is 14.1. The van der Waals surface area contributed by atoms with Crippen molar-refractivity contribution in [3.63, 3.8) is 0 Å². The highest BCUT2D eigenvalue weighted by Gasteiger charge is 2.62. The third kappa shape index (κ3) is 5.21. The van der Waals surface area contributed by atoms with Gasteiger partial charge < -0.3 is 9.80 Å². The number of rotatable bonds is 3. The Morgan fingerprint density at radius 1 is 1.00 bits per heavy atom. The number of amides is 1. The Balaban J connectivity index is 2.81. The second-order valence-electron chi connectivity index (χ2n) is 4.73. The van der Waals surface area contributed by atoms with Crippen LogP contribution in [-0.4, -0.2) is 66.7 Å². The van der Waals surface area contributed by atoms with Gasteiger partial charge in [-0.15, -0.1) is 11.6 Å². The van der Waals surface area contributed by atoms with Gasteiger partial charge in [0.25, 0.3) is 0 Å². The molecule has 0 N–H and O–H groups in total. The third-order valence-electron chi connectivity index (χ3n) is 3.20. The third-order valence-corrected chi connectivity index (χ3v) is 3.37. The topological polar surface area (TPSA) is 23.6 Å². The number of alkyl halides is 7. The molecule has 1 aliphatic heterocycles. The Hall–Kier alpha value is -0.700. The molecule has 0 unspecified atom stereocenters. The quantitative estimate of drug-likeness (QED) is 0.582. The largest absolute Gasteiger partial charge is 0.409 e. The molecule has 1 rings (SSSR count). The zero-order valence-corrected chi connectivity index (χ0v) is 11.7. The van der Waals surface area contributed by atoms with Crippen LogP contribution < -0.4 is 0 Å². The van der Waals surface area contributed by atoms with Crippen LogP contribution in [0.4, 0.5) is 26.3 Å². The van der Waals surface area contributed by atoms with Crippen LogP contribution in [0.15, 0.2) is 0 Å². The molecule has 0 spiro atoms. The first-order valence-corrected chi connectivity index (χ1v) is 6.81. The highest BCUT2D eigenvalue weighted by atomic mass is 35.5. The van der Waals surface area contributed by atoms with E-state index in [4.69, 9.17) is 11.6 Å². The lowest BCUT2D eigenvalue weighted by Gasteiger charge is -2.28. The van der Waals surface area contributed by atoms with Crippen LogP contribution in [0, 0.1) is 5.92 Å². The molecule has 0 bridgehead atoms. The molecule has 0 aromatic rings. The lowest BCUT2D eigenvalue weighted by molar-refractivity contribution is -0.277. The van der Waals surface area contributed by atoms with Gasteiger partial charge in [0, 0.05) is 32.1 Å². The Labute approximate surface area is 122 Å². The summed E-state index contributed by atoms with van der Waals surface area (Å²) >= 11 is 5.54. The Morgan fingerprint density at radius 2 is 1.57 bits per heavy atom. The fourth-order valence-electron chi connectivity index (χ4n) is 2.18. The predicted molar refractivity (Wildman–Crippen MR) is 64.0 cm³/mol. The number of hydrogen-bond donors (Lipinski definition) is 0. The highest BCUT2D eigenvalue weighted by Crippen LogP contribution is 2.40. The molecule has 1 saturated heterocycles. The number of nitrogens with zero attached hydrogens (tertiary/aromatic N) is 2. The van der Waals surface area contributed by atoms with Crippen molar-refractivity contribution in [2.45, 2.75) is 18.8 Å². The average molecular weight is 341 g/mol. The predicted octanol–water partition coefficient (Wildman–Crippen LogP) is 2.50. The van der Waals surface area contributed by atoms with Crippen LogP contribution in [-0.2, 0) is 4.79 Å². The van der Waals surface area contributed by atoms with Crippen molar-refractivity contribution in [2.24, 2.45) is 5.92 Å². The molecule has 0 saturated carbocycles. The van der Waals surface area contributed by atoms with E-state index < -0.39 is 24.2 Å². The van der Waals surface area contributed by atoms with E-state index in [-0.39, 0.29) is 19.6 Å². The molecule has 124 valence electrons. The van der Waals surface area contributed by atoms with Gasteiger partial charge >= 0.3 is 12.4 Å². The van der Waals surface area contributed by atoms with Crippen molar-refractivity contribution >= 4 is 17.5 Å². The molecule has 10 heteroatoms. The van der Waals surface area contributed by atoms with Crippen LogP contribution >= 0.6 is 11.6 Å². The van der Waals surface area contributed by atoms with E-state index in [1.54, 1.807) is 4.90 Å². The van der Waals surface area contributed by atoms with Crippen molar-refractivity contribution < 1.29 is 31.1 Å². The maximum atomic E-state index is 12.5. The minimum Gasteiger partial charge on any atom is -0.341 e. The lowest BCUT2D eigenvalue weighted by atomic mass is 10.1. The van der Waals surface area contributed by atoms with E-state index in [0.29, 0.717) is 30.3 Å². The van der Waals surface area contributed by atoms with Crippen LogP contribution in [0.25, 0.3) is 0 Å². The van der Waals surface area contributed by atoms with Crippen molar-refractivity contribution in [1.82, 2.24) is 9.80 Å². The van der Waals surface area contributed by atoms with E-state index in [0.717, 1.165) is 0 Å². The van der Waals surface area contributed by atoms with E-state index in [9.17, 15) is 31.1 Å². The first kappa shape index (κ1) is 18.3. The van der Waals surface area contributed by atoms with Gasteiger partial charge in [-0.1, -0.05) is 0 Å². The molecule has 1 fully saturated rings. The van der Waals surface area contributed by atoms with Crippen LogP contribution in [0.5, 0.6) is 0 Å². The summed E-state index contributed by atoms with van der Waals surface area (Å²) in [6.07, 6.45) is -11.0. The lowest BCUT2D eigenvalue weighted by Crippen LogP contribution is -2.50. The molecule has 0 aromatic heterocycles. The molecular formula is C11H15ClF6N2O. The smallest absolute Gasteiger partial charge is 0.341 e. The minimum atomic E-state index is -5.64. The summed E-state index contributed by atoms with van der Waals surface area (Å²) in [6.45, 7) is 0.879. The van der Waals surface area contributed by atoms with Gasteiger partial charge in [0.05, 0.1) is 0 Å². The zero-order chi connectivity index (χ0) is 16.3. The molecule has 0 aliphatic carbocycles. The minimum absolute atomic E-state index is 0.125. The number of halogens is 7. The summed E-state index contributed by atoms with van der Waals surface area (Å²) in [6, 6.07) is 0. The number of carbonyl (C=O) groups is 1. The van der Waals surface area contributed by atoms with Gasteiger partial charge in [-0.05, 0) is 13.0 Å². The molecule has 3 nitrogen and oxygen atoms in total. The highest BCUT2D eigenvalue weighted by molar-refractivity contribution is 6.18. The van der Waals surface area contributed by atoms with E-state index in [2.05, 4.69) is 0 Å². The van der Waals surface area contributed by atoms with Crippen LogP contribution in [0.1, 0.15) is 6.42 Å². The summed E-state index contributed by atoms with van der Waals surface area (Å²) in [5.74, 6) is -5.57. The summed E-state index contributed by atoms with van der Waals surface area (Å²) in [5, 5.41) is 0. The summed E-state index contributed by atoms with van der Waals surface area (Å²) in [7, 11) is 0. The first-order valence-electron chi connectivity index (χ1n) is 6.28. The van der Waals surface area contributed by atoms with Gasteiger partial charge in [-0.2, -0.15) is 26.3 Å². The zero-order valence-electron chi connectivity index (χ0n) is 11.0. The van der Waals surface area contributed by atoms with Gasteiger partial charge in [0.2, 0.25) is 11.8 Å². The Morgan fingerprint density at radius 3 is 2.05 bits per heavy atom. The number of hydrogen-bond acceptors (Lipinski definition) is 2. The second-order valence-corrected chi connectivity index (χ2v) is 5.10. The fraction of sp³-hybridized carbons (Fsp3) is 0.909. The van der Waals surface area contributed by atoms with Crippen molar-refractivity contribution in [3.05, 3.63) is 0 Å². The van der Waals surface area contributed by atoms with Crippen molar-refractivity contribution in [3.8, 4) is 0 Å². The SMILES string of the molecule is O=C(C(C(F)(F)F)C(F)(F)F)N1CCCN(CCCl)CC1. The molecule has 0 aromatic carbocycles. The normalized spacial score (nSPS) is 19.0. The van der Waals surface area contributed by atoms with Gasteiger partial charge in [0.15, 0.2) is 0 Å². The van der Waals surface area contributed by atoms with E-state index >= 15 is 0 Å². The van der Waals surface area contributed by atoms with Gasteiger partial charge in [-0.3, -0.25) is 4.79 Å². The van der Waals surface area contributed by atoms with Gasteiger partial charge in [-0.25, -0.2) is 0 Å². The first-order chi connectivity index (χ1) is 9.57. The molecule has 0 radical (unpaired) electrons. The molecule has 1 aliphatic rings. The van der Waals surface area contributed by atoms with Gasteiger partial charge in [0.1, 0.15) is 0 Å². The van der Waals surface area contributed by atoms with Crippen molar-refractivity contribution in [1.29, 1.82) is 0 Å². The summed E-state index contributed by atoms with van der Waals surface area (Å²) < 4.78 is 75.2. The average Bonchev–Trinajstić information content (AvgIpc) is 2.51. The monoisotopic (exact) mass is 340 g/mol. The molecule has 21 heavy (non-hydrogen) atoms. The fourth-order valence-corrected chi connectivity index (χ4v) is 2.42. The Kier molecular flexibility index (Phi) is 6.15. The summed E-state index contributed by atoms with van der Waals surface area (Å²) in [5.41, 5.74) is 0. The standard InChI is InChI=1S/C11H15ClF6N2O/c12-2-5-19-3-1-4-20(7-6-19)9(21)8(10(13,14)15)11(16,17)18/h8H,1-7H2. The van der Waals surface area contributed by atoms with Crippen LogP contribution in [0.3, 0.4) is 0 Å². The van der Waals surface area contributed by atoms with Crippen molar-refractivity contribution in [2.75, 3.05) is 38.6 Å².